The maximum Gasteiger partial charge on any atom is 0.411 e. The summed E-state index contributed by atoms with van der Waals surface area (Å²) in [5, 5.41) is 10.9. The molecular formula is C11H13NO5. The second-order valence-corrected chi connectivity index (χ2v) is 3.06. The van der Waals surface area contributed by atoms with Gasteiger partial charge in [0.25, 0.3) is 0 Å². The van der Waals surface area contributed by atoms with Gasteiger partial charge in [0, 0.05) is 5.69 Å². The first kappa shape index (κ1) is 13.0. The van der Waals surface area contributed by atoms with Crippen molar-refractivity contribution in [2.75, 3.05) is 25.6 Å². The lowest BCUT2D eigenvalue weighted by molar-refractivity contribution is 0.0600. The minimum atomic E-state index is -0.693. The molecule has 2 N–H and O–H groups in total. The lowest BCUT2D eigenvalue weighted by Crippen LogP contribution is -2.16. The van der Waals surface area contributed by atoms with E-state index in [1.807, 2.05) is 0 Å². The number of carbonyl (C=O) groups is 2. The number of carbonyl (C=O) groups excluding carboxylic acids is 2. The average Bonchev–Trinajstić information content (AvgIpc) is 2.35. The van der Waals surface area contributed by atoms with Crippen molar-refractivity contribution in [3.63, 3.8) is 0 Å². The number of amides is 1. The maximum atomic E-state index is 11.2. The summed E-state index contributed by atoms with van der Waals surface area (Å²) in [7, 11) is 1.28. The van der Waals surface area contributed by atoms with E-state index in [-0.39, 0.29) is 13.2 Å². The molecule has 0 aliphatic rings. The quantitative estimate of drug-likeness (QED) is 0.766. The number of methoxy groups -OCH3 is 1. The first-order valence-electron chi connectivity index (χ1n) is 4.90. The summed E-state index contributed by atoms with van der Waals surface area (Å²) in [4.78, 5) is 22.4. The van der Waals surface area contributed by atoms with E-state index in [1.165, 1.54) is 13.2 Å². The molecule has 0 saturated carbocycles. The van der Waals surface area contributed by atoms with E-state index < -0.39 is 12.1 Å². The van der Waals surface area contributed by atoms with Crippen LogP contribution in [0.3, 0.4) is 0 Å². The van der Waals surface area contributed by atoms with Gasteiger partial charge in [-0.3, -0.25) is 5.32 Å². The van der Waals surface area contributed by atoms with Crippen LogP contribution in [0.25, 0.3) is 0 Å². The molecule has 0 fully saturated rings. The third-order valence-electron chi connectivity index (χ3n) is 1.85. The Hall–Kier alpha value is -2.08. The third kappa shape index (κ3) is 4.12. The van der Waals surface area contributed by atoms with E-state index in [0.717, 1.165) is 0 Å². The highest BCUT2D eigenvalue weighted by Crippen LogP contribution is 2.11. The molecule has 1 aromatic rings. The van der Waals surface area contributed by atoms with Crippen molar-refractivity contribution in [2.45, 2.75) is 0 Å². The first-order chi connectivity index (χ1) is 8.17. The van der Waals surface area contributed by atoms with Crippen molar-refractivity contribution in [1.29, 1.82) is 0 Å². The highest BCUT2D eigenvalue weighted by Gasteiger charge is 2.07. The minimum Gasteiger partial charge on any atom is -0.465 e. The van der Waals surface area contributed by atoms with E-state index in [9.17, 15) is 9.59 Å². The fraction of sp³-hybridized carbons (Fsp3) is 0.273. The number of aliphatic hydroxyl groups is 1. The lowest BCUT2D eigenvalue weighted by atomic mass is 10.2. The molecule has 0 atom stereocenters. The summed E-state index contributed by atoms with van der Waals surface area (Å²) >= 11 is 0. The molecule has 6 heteroatoms. The van der Waals surface area contributed by atoms with E-state index >= 15 is 0 Å². The van der Waals surface area contributed by atoms with Gasteiger partial charge < -0.3 is 14.6 Å². The fourth-order valence-corrected chi connectivity index (χ4v) is 1.13. The summed E-state index contributed by atoms with van der Waals surface area (Å²) in [5.41, 5.74) is 0.739. The molecule has 0 spiro atoms. The summed E-state index contributed by atoms with van der Waals surface area (Å²) in [6.45, 7) is -0.321. The largest absolute Gasteiger partial charge is 0.465 e. The van der Waals surface area contributed by atoms with Crippen molar-refractivity contribution in [1.82, 2.24) is 0 Å². The fourth-order valence-electron chi connectivity index (χ4n) is 1.13. The maximum absolute atomic E-state index is 11.2. The van der Waals surface area contributed by atoms with Crippen LogP contribution in [-0.4, -0.2) is 37.5 Å². The molecule has 1 aromatic carbocycles. The molecule has 0 heterocycles. The Morgan fingerprint density at radius 1 is 1.41 bits per heavy atom. The molecule has 17 heavy (non-hydrogen) atoms. The molecule has 0 unspecified atom stereocenters. The van der Waals surface area contributed by atoms with E-state index in [0.29, 0.717) is 11.3 Å². The molecule has 1 rings (SSSR count). The molecule has 0 radical (unpaired) electrons. The van der Waals surface area contributed by atoms with Gasteiger partial charge in [-0.05, 0) is 18.2 Å². The number of hydrogen-bond acceptors (Lipinski definition) is 5. The van der Waals surface area contributed by atoms with Gasteiger partial charge in [-0.15, -0.1) is 0 Å². The third-order valence-corrected chi connectivity index (χ3v) is 1.85. The van der Waals surface area contributed by atoms with Crippen molar-refractivity contribution < 1.29 is 24.2 Å². The van der Waals surface area contributed by atoms with Crippen molar-refractivity contribution >= 4 is 17.7 Å². The number of anilines is 1. The summed E-state index contributed by atoms with van der Waals surface area (Å²) < 4.78 is 9.15. The van der Waals surface area contributed by atoms with Crippen molar-refractivity contribution in [2.24, 2.45) is 0 Å². The summed E-state index contributed by atoms with van der Waals surface area (Å²) in [5.74, 6) is -0.489. The SMILES string of the molecule is COC(=O)c1cccc(NC(=O)OCCO)c1. The van der Waals surface area contributed by atoms with Gasteiger partial charge in [0.2, 0.25) is 0 Å². The minimum absolute atomic E-state index is 0.0808. The molecule has 6 nitrogen and oxygen atoms in total. The van der Waals surface area contributed by atoms with Crippen LogP contribution in [0.1, 0.15) is 10.4 Å². The van der Waals surface area contributed by atoms with Gasteiger partial charge in [-0.25, -0.2) is 9.59 Å². The molecule has 1 amide bonds. The number of rotatable bonds is 4. The molecule has 0 bridgehead atoms. The molecule has 0 aromatic heterocycles. The summed E-state index contributed by atoms with van der Waals surface area (Å²) in [6.07, 6.45) is -0.693. The Bertz CT molecular complexity index is 405. The molecule has 0 aliphatic carbocycles. The zero-order valence-corrected chi connectivity index (χ0v) is 9.30. The van der Waals surface area contributed by atoms with Crippen LogP contribution in [0.4, 0.5) is 10.5 Å². The average molecular weight is 239 g/mol. The normalized spacial score (nSPS) is 9.53. The first-order valence-corrected chi connectivity index (χ1v) is 4.90. The van der Waals surface area contributed by atoms with Gasteiger partial charge in [0.15, 0.2) is 0 Å². The van der Waals surface area contributed by atoms with Gasteiger partial charge in [0.1, 0.15) is 6.61 Å². The number of benzene rings is 1. The Labute approximate surface area is 98.2 Å². The van der Waals surface area contributed by atoms with Crippen LogP contribution in [-0.2, 0) is 9.47 Å². The van der Waals surface area contributed by atoms with E-state index in [1.54, 1.807) is 18.2 Å². The Morgan fingerprint density at radius 3 is 2.82 bits per heavy atom. The Balaban J connectivity index is 2.65. The summed E-state index contributed by atoms with van der Waals surface area (Å²) in [6, 6.07) is 6.24. The van der Waals surface area contributed by atoms with Crippen LogP contribution >= 0.6 is 0 Å². The smallest absolute Gasteiger partial charge is 0.411 e. The number of ether oxygens (including phenoxy) is 2. The number of esters is 1. The van der Waals surface area contributed by atoms with Crippen LogP contribution in [0.2, 0.25) is 0 Å². The standard InChI is InChI=1S/C11H13NO5/c1-16-10(14)8-3-2-4-9(7-8)12-11(15)17-6-5-13/h2-4,7,13H,5-6H2,1H3,(H,12,15). The Kier molecular flexibility index (Phi) is 4.96. The second kappa shape index (κ2) is 6.49. The van der Waals surface area contributed by atoms with Crippen molar-refractivity contribution in [3.05, 3.63) is 29.8 Å². The van der Waals surface area contributed by atoms with Gasteiger partial charge in [-0.2, -0.15) is 0 Å². The molecular weight excluding hydrogens is 226 g/mol. The topological polar surface area (TPSA) is 84.9 Å². The van der Waals surface area contributed by atoms with Crippen LogP contribution in [0.15, 0.2) is 24.3 Å². The highest BCUT2D eigenvalue weighted by molar-refractivity contribution is 5.92. The van der Waals surface area contributed by atoms with E-state index in [2.05, 4.69) is 14.8 Å². The highest BCUT2D eigenvalue weighted by atomic mass is 16.6. The van der Waals surface area contributed by atoms with Gasteiger partial charge in [0.05, 0.1) is 19.3 Å². The van der Waals surface area contributed by atoms with Gasteiger partial charge >= 0.3 is 12.1 Å². The van der Waals surface area contributed by atoms with Crippen LogP contribution < -0.4 is 5.32 Å². The molecule has 0 aliphatic heterocycles. The van der Waals surface area contributed by atoms with E-state index in [4.69, 9.17) is 5.11 Å². The number of nitrogens with one attached hydrogen (secondary N) is 1. The molecule has 92 valence electrons. The number of aliphatic hydroxyl groups excluding tert-OH is 1. The van der Waals surface area contributed by atoms with Crippen LogP contribution in [0, 0.1) is 0 Å². The van der Waals surface area contributed by atoms with Gasteiger partial charge in [-0.1, -0.05) is 6.07 Å². The zero-order valence-electron chi connectivity index (χ0n) is 9.30. The van der Waals surface area contributed by atoms with Crippen molar-refractivity contribution in [3.8, 4) is 0 Å². The lowest BCUT2D eigenvalue weighted by Gasteiger charge is -2.06. The predicted molar refractivity (Wildman–Crippen MR) is 59.8 cm³/mol. The second-order valence-electron chi connectivity index (χ2n) is 3.06. The zero-order chi connectivity index (χ0) is 12.7. The van der Waals surface area contributed by atoms with Crippen LogP contribution in [0.5, 0.6) is 0 Å². The number of hydrogen-bond donors (Lipinski definition) is 2. The Morgan fingerprint density at radius 2 is 2.18 bits per heavy atom. The molecule has 0 saturated heterocycles. The predicted octanol–water partition coefficient (Wildman–Crippen LogP) is 1.01. The monoisotopic (exact) mass is 239 g/mol.